The van der Waals surface area contributed by atoms with Gasteiger partial charge in [-0.1, -0.05) is 30.3 Å². The van der Waals surface area contributed by atoms with E-state index >= 15 is 0 Å². The first-order valence-corrected chi connectivity index (χ1v) is 9.50. The van der Waals surface area contributed by atoms with Crippen LogP contribution in [-0.2, 0) is 28.9 Å². The number of hydrogen-bond donors (Lipinski definition) is 0. The van der Waals surface area contributed by atoms with Gasteiger partial charge in [0.15, 0.2) is 0 Å². The van der Waals surface area contributed by atoms with Crippen molar-refractivity contribution in [3.05, 3.63) is 65.2 Å². The minimum atomic E-state index is -4.44. The summed E-state index contributed by atoms with van der Waals surface area (Å²) >= 11 is 0. The second kappa shape index (κ2) is 8.77. The summed E-state index contributed by atoms with van der Waals surface area (Å²) in [5.41, 5.74) is 0.477. The molecule has 1 fully saturated rings. The first kappa shape index (κ1) is 21.7. The summed E-state index contributed by atoms with van der Waals surface area (Å²) in [6, 6.07) is 12.3. The van der Waals surface area contributed by atoms with Crippen molar-refractivity contribution in [1.82, 2.24) is 9.80 Å². The number of ether oxygens (including phenoxy) is 1. The fraction of sp³-hybridized carbons (Fsp3) is 0.364. The number of benzene rings is 2. The molecule has 0 aromatic heterocycles. The van der Waals surface area contributed by atoms with Crippen molar-refractivity contribution in [3.63, 3.8) is 0 Å². The predicted molar refractivity (Wildman–Crippen MR) is 104 cm³/mol. The van der Waals surface area contributed by atoms with Crippen LogP contribution in [0.1, 0.15) is 23.1 Å². The highest BCUT2D eigenvalue weighted by Gasteiger charge is 2.36. The minimum Gasteiger partial charge on any atom is -0.496 e. The van der Waals surface area contributed by atoms with E-state index in [1.54, 1.807) is 25.1 Å². The zero-order chi connectivity index (χ0) is 21.9. The molecule has 1 atom stereocenters. The zero-order valence-electron chi connectivity index (χ0n) is 16.8. The van der Waals surface area contributed by atoms with Gasteiger partial charge in [-0.15, -0.1) is 0 Å². The van der Waals surface area contributed by atoms with Crippen molar-refractivity contribution in [3.8, 4) is 5.75 Å². The van der Waals surface area contributed by atoms with Gasteiger partial charge in [-0.3, -0.25) is 9.59 Å². The lowest BCUT2D eigenvalue weighted by atomic mass is 10.1. The smallest absolute Gasteiger partial charge is 0.416 e. The maximum Gasteiger partial charge on any atom is 0.416 e. The van der Waals surface area contributed by atoms with E-state index in [2.05, 4.69) is 0 Å². The van der Waals surface area contributed by atoms with E-state index in [0.717, 1.165) is 17.7 Å². The topological polar surface area (TPSA) is 49.9 Å². The van der Waals surface area contributed by atoms with E-state index in [0.29, 0.717) is 17.9 Å². The fourth-order valence-corrected chi connectivity index (χ4v) is 3.64. The molecule has 2 amide bonds. The SMILES string of the molecule is COc1ccccc1CN(C)C(=O)C1CC(=O)N(Cc2cccc(C(F)(F)F)c2)C1. The Morgan fingerprint density at radius 2 is 1.93 bits per heavy atom. The molecule has 2 aromatic carbocycles. The van der Waals surface area contributed by atoms with Crippen LogP contribution in [0.2, 0.25) is 0 Å². The highest BCUT2D eigenvalue weighted by atomic mass is 19.4. The molecule has 2 aromatic rings. The number of amides is 2. The van der Waals surface area contributed by atoms with Crippen LogP contribution in [0.25, 0.3) is 0 Å². The highest BCUT2D eigenvalue weighted by Crippen LogP contribution is 2.30. The second-order valence-electron chi connectivity index (χ2n) is 7.38. The summed E-state index contributed by atoms with van der Waals surface area (Å²) < 4.78 is 44.0. The standard InChI is InChI=1S/C22H23F3N2O3/c1-26(13-16-7-3-4-9-19(16)30-2)21(29)17-11-20(28)27(14-17)12-15-6-5-8-18(10-15)22(23,24)25/h3-10,17H,11-14H2,1-2H3. The van der Waals surface area contributed by atoms with Crippen molar-refractivity contribution < 1.29 is 27.5 Å². The van der Waals surface area contributed by atoms with Gasteiger partial charge in [0, 0.05) is 38.7 Å². The van der Waals surface area contributed by atoms with Crippen LogP contribution in [0.3, 0.4) is 0 Å². The number of methoxy groups -OCH3 is 1. The lowest BCUT2D eigenvalue weighted by Gasteiger charge is -2.22. The van der Waals surface area contributed by atoms with Gasteiger partial charge in [-0.2, -0.15) is 13.2 Å². The Labute approximate surface area is 173 Å². The van der Waals surface area contributed by atoms with Crippen molar-refractivity contribution in [1.29, 1.82) is 0 Å². The maximum atomic E-state index is 12.9. The summed E-state index contributed by atoms with van der Waals surface area (Å²) in [7, 11) is 3.22. The van der Waals surface area contributed by atoms with Crippen molar-refractivity contribution >= 4 is 11.8 Å². The molecular formula is C22H23F3N2O3. The van der Waals surface area contributed by atoms with E-state index in [-0.39, 0.29) is 31.3 Å². The lowest BCUT2D eigenvalue weighted by Crippen LogP contribution is -2.34. The largest absolute Gasteiger partial charge is 0.496 e. The van der Waals surface area contributed by atoms with E-state index in [1.165, 1.54) is 11.0 Å². The average Bonchev–Trinajstić information content (AvgIpc) is 3.07. The maximum absolute atomic E-state index is 12.9. The molecular weight excluding hydrogens is 397 g/mol. The monoisotopic (exact) mass is 420 g/mol. The number of hydrogen-bond acceptors (Lipinski definition) is 3. The Kier molecular flexibility index (Phi) is 6.34. The molecule has 1 aliphatic rings. The fourth-order valence-electron chi connectivity index (χ4n) is 3.64. The van der Waals surface area contributed by atoms with Gasteiger partial charge in [0.05, 0.1) is 18.6 Å². The summed E-state index contributed by atoms with van der Waals surface area (Å²) in [6.45, 7) is 0.564. The zero-order valence-corrected chi connectivity index (χ0v) is 16.8. The number of rotatable bonds is 6. The first-order valence-electron chi connectivity index (χ1n) is 9.50. The molecule has 0 bridgehead atoms. The average molecular weight is 420 g/mol. The minimum absolute atomic E-state index is 0.0444. The third-order valence-electron chi connectivity index (χ3n) is 5.17. The van der Waals surface area contributed by atoms with Gasteiger partial charge in [0.1, 0.15) is 5.75 Å². The molecule has 0 aliphatic carbocycles. The Balaban J connectivity index is 1.64. The predicted octanol–water partition coefficient (Wildman–Crippen LogP) is 3.72. The Morgan fingerprint density at radius 1 is 1.20 bits per heavy atom. The number of carbonyl (C=O) groups is 2. The van der Waals surface area contributed by atoms with E-state index in [9.17, 15) is 22.8 Å². The molecule has 30 heavy (non-hydrogen) atoms. The highest BCUT2D eigenvalue weighted by molar-refractivity contribution is 5.89. The summed E-state index contributed by atoms with van der Waals surface area (Å²) in [5.74, 6) is -0.272. The Hall–Kier alpha value is -3.03. The number of para-hydroxylation sites is 1. The van der Waals surface area contributed by atoms with Gasteiger partial charge in [-0.05, 0) is 23.8 Å². The molecule has 0 radical (unpaired) electrons. The van der Waals surface area contributed by atoms with Crippen LogP contribution in [0.5, 0.6) is 5.75 Å². The molecule has 0 saturated carbocycles. The first-order chi connectivity index (χ1) is 14.2. The van der Waals surface area contributed by atoms with E-state index in [1.807, 2.05) is 24.3 Å². The number of likely N-dealkylation sites (tertiary alicyclic amines) is 1. The number of alkyl halides is 3. The summed E-state index contributed by atoms with van der Waals surface area (Å²) in [4.78, 5) is 28.2. The molecule has 1 heterocycles. The number of nitrogens with zero attached hydrogens (tertiary/aromatic N) is 2. The molecule has 1 saturated heterocycles. The van der Waals surface area contributed by atoms with E-state index < -0.39 is 17.7 Å². The van der Waals surface area contributed by atoms with Crippen LogP contribution >= 0.6 is 0 Å². The summed E-state index contributed by atoms with van der Waals surface area (Å²) in [6.07, 6.45) is -4.39. The van der Waals surface area contributed by atoms with Gasteiger partial charge in [-0.25, -0.2) is 0 Å². The van der Waals surface area contributed by atoms with Crippen molar-refractivity contribution in [2.45, 2.75) is 25.7 Å². The lowest BCUT2D eigenvalue weighted by molar-refractivity contribution is -0.137. The van der Waals surface area contributed by atoms with Gasteiger partial charge < -0.3 is 14.5 Å². The normalized spacial score (nSPS) is 16.6. The molecule has 8 heteroatoms. The van der Waals surface area contributed by atoms with E-state index in [4.69, 9.17) is 4.74 Å². The van der Waals surface area contributed by atoms with Crippen molar-refractivity contribution in [2.24, 2.45) is 5.92 Å². The Morgan fingerprint density at radius 3 is 2.63 bits per heavy atom. The summed E-state index contributed by atoms with van der Waals surface area (Å²) in [5, 5.41) is 0. The van der Waals surface area contributed by atoms with Crippen LogP contribution in [0.4, 0.5) is 13.2 Å². The third kappa shape index (κ3) is 4.93. The molecule has 0 N–H and O–H groups in total. The van der Waals surface area contributed by atoms with Crippen LogP contribution in [-0.4, -0.2) is 42.3 Å². The second-order valence-corrected chi connectivity index (χ2v) is 7.38. The molecule has 3 rings (SSSR count). The van der Waals surface area contributed by atoms with Crippen LogP contribution in [0, 0.1) is 5.92 Å². The molecule has 1 aliphatic heterocycles. The number of halogens is 3. The van der Waals surface area contributed by atoms with Crippen LogP contribution < -0.4 is 4.74 Å². The molecule has 0 spiro atoms. The molecule has 1 unspecified atom stereocenters. The number of carbonyl (C=O) groups excluding carboxylic acids is 2. The van der Waals surface area contributed by atoms with Crippen molar-refractivity contribution in [2.75, 3.05) is 20.7 Å². The Bertz CT molecular complexity index is 930. The van der Waals surface area contributed by atoms with Gasteiger partial charge >= 0.3 is 6.18 Å². The quantitative estimate of drug-likeness (QED) is 0.716. The van der Waals surface area contributed by atoms with Gasteiger partial charge in [0.2, 0.25) is 11.8 Å². The molecule has 5 nitrogen and oxygen atoms in total. The van der Waals surface area contributed by atoms with Crippen LogP contribution in [0.15, 0.2) is 48.5 Å². The third-order valence-corrected chi connectivity index (χ3v) is 5.17. The molecule has 160 valence electrons. The van der Waals surface area contributed by atoms with Gasteiger partial charge in [0.25, 0.3) is 0 Å².